The SMILES string of the molecule is O=C(O)c1cc(Nc2nc(O)nc(Nc3ccc(/N=N/c4cc(S(=O)(=O)O)c5cc(S(=O)(=O)O)cc(S(=O)(=O)O)c5c4)cc3)n2)c(C(=O)O)cc1Nc1nc(O)nc(Nc2ccc(/N=N/c3cc(S(=O)(=O)O)c4cc([SH](=O)=O)cc(S(=O)(=O)O)c4c3)cc2)n1. The lowest BCUT2D eigenvalue weighted by molar-refractivity contribution is 0.0683. The van der Waals surface area contributed by atoms with Gasteiger partial charge in [0.2, 0.25) is 23.8 Å². The Kier molecular flexibility index (Phi) is 16.8. The lowest BCUT2D eigenvalue weighted by atomic mass is 10.1. The molecule has 43 heteroatoms. The van der Waals surface area contributed by atoms with Crippen LogP contribution in [0.15, 0.2) is 159 Å². The molecule has 2 heterocycles. The van der Waals surface area contributed by atoms with E-state index in [1.807, 2.05) is 0 Å². The molecule has 0 bridgehead atoms. The quantitative estimate of drug-likeness (QED) is 0.0230. The van der Waals surface area contributed by atoms with Crippen molar-refractivity contribution in [3.8, 4) is 12.0 Å². The van der Waals surface area contributed by atoms with E-state index in [4.69, 9.17) is 0 Å². The molecule has 0 aliphatic carbocycles. The first-order valence-electron chi connectivity index (χ1n) is 23.4. The van der Waals surface area contributed by atoms with Gasteiger partial charge in [0, 0.05) is 32.9 Å². The van der Waals surface area contributed by atoms with Gasteiger partial charge in [0.15, 0.2) is 10.7 Å². The van der Waals surface area contributed by atoms with E-state index >= 15 is 0 Å². The standard InChI is InChI=1S/C46H32N14O23S6/c61-39(62)31-18-34(50-44-52-42(54-46(66)56-44)48-20-3-7-22(8-4-20)58-60-24-10-28-30(36(12-24)87(75,76)77)15-26(85(69,70)71)16-38(28)89(81,82)83)32(40(63)64)17-33(31)49-43-51-41(53-45(65)55-43)47-19-1-5-21(6-2-19)57-59-23-9-27-29(35(11-23)86(72,73)74)13-25(84(67)68)14-37(27)88(78,79)80/h1-18,84H,(H,61,62)(H,63,64)(H,69,70,71)(H,72,73,74)(H,75,76,77)(H,78,79,80)(H,81,82,83)(H3,47,49,51,53,55,65)(H3,48,50,52,54,56,66)/b59-57+,60-58+. The second-order valence-corrected chi connectivity index (χ2v) is 25.7. The largest absolute Gasteiger partial charge is 0.479 e. The van der Waals surface area contributed by atoms with Crippen LogP contribution in [0.4, 0.5) is 69.3 Å². The number of carboxylic acid groups (broad SMARTS) is 2. The fourth-order valence-corrected chi connectivity index (χ4v) is 12.1. The van der Waals surface area contributed by atoms with Crippen LogP contribution in [-0.4, -0.2) is 136 Å². The fourth-order valence-electron chi connectivity index (χ4n) is 8.01. The van der Waals surface area contributed by atoms with Crippen molar-refractivity contribution in [3.05, 3.63) is 120 Å². The van der Waals surface area contributed by atoms with E-state index < -0.39 is 176 Å². The summed E-state index contributed by atoms with van der Waals surface area (Å²) in [5, 5.41) is 64.9. The Labute approximate surface area is 498 Å². The molecule has 460 valence electrons. The third kappa shape index (κ3) is 14.7. The molecule has 0 atom stereocenters. The van der Waals surface area contributed by atoms with Gasteiger partial charge in [-0.25, -0.2) is 18.0 Å². The monoisotopic (exact) mass is 1340 g/mol. The predicted molar refractivity (Wildman–Crippen MR) is 303 cm³/mol. The van der Waals surface area contributed by atoms with Crippen LogP contribution in [0.5, 0.6) is 12.0 Å². The molecule has 0 spiro atoms. The minimum absolute atomic E-state index is 0.0318. The summed E-state index contributed by atoms with van der Waals surface area (Å²) >= 11 is 0. The molecular formula is C46H32N14O23S6. The first kappa shape index (κ1) is 63.0. The smallest absolute Gasteiger partial charge is 0.337 e. The predicted octanol–water partition coefficient (Wildman–Crippen LogP) is 6.18. The first-order valence-corrected chi connectivity index (χ1v) is 31.8. The number of fused-ring (bicyclic) bond motifs is 2. The Balaban J connectivity index is 0.909. The highest BCUT2D eigenvalue weighted by Gasteiger charge is 2.28. The Morgan fingerprint density at radius 3 is 1.06 bits per heavy atom. The van der Waals surface area contributed by atoms with Crippen LogP contribution in [0.2, 0.25) is 0 Å². The van der Waals surface area contributed by atoms with Gasteiger partial charge in [-0.2, -0.15) is 92.4 Å². The van der Waals surface area contributed by atoms with Gasteiger partial charge >= 0.3 is 24.0 Å². The van der Waals surface area contributed by atoms with E-state index in [1.54, 1.807) is 0 Å². The number of azo groups is 2. The van der Waals surface area contributed by atoms with Crippen molar-refractivity contribution < 1.29 is 103 Å². The zero-order chi connectivity index (χ0) is 64.9. The minimum atomic E-state index is -5.31. The number of thiol groups is 1. The lowest BCUT2D eigenvalue weighted by Gasteiger charge is -2.15. The topological polar surface area (TPSA) is 596 Å². The van der Waals surface area contributed by atoms with Gasteiger partial charge in [0.25, 0.3) is 50.6 Å². The maximum absolute atomic E-state index is 12.6. The van der Waals surface area contributed by atoms with E-state index in [-0.39, 0.29) is 40.3 Å². The maximum Gasteiger partial charge on any atom is 0.337 e. The molecule has 2 aromatic heterocycles. The number of aromatic hydroxyl groups is 2. The van der Waals surface area contributed by atoms with E-state index in [9.17, 15) is 103 Å². The molecule has 89 heavy (non-hydrogen) atoms. The second-order valence-electron chi connectivity index (χ2n) is 17.7. The summed E-state index contributed by atoms with van der Waals surface area (Å²) in [5.74, 6) is -5.14. The third-order valence-electron chi connectivity index (χ3n) is 11.7. The number of carbonyl (C=O) groups is 2. The third-order valence-corrected chi connectivity index (χ3v) is 16.8. The number of hydrogen-bond donors (Lipinski definition) is 14. The Bertz CT molecular complexity index is 5250. The van der Waals surface area contributed by atoms with Crippen LogP contribution in [0.1, 0.15) is 20.7 Å². The van der Waals surface area contributed by atoms with Crippen LogP contribution in [-0.2, 0) is 61.3 Å². The summed E-state index contributed by atoms with van der Waals surface area (Å²) in [5.41, 5.74) is -2.53. The van der Waals surface area contributed by atoms with E-state index in [1.165, 1.54) is 48.5 Å². The summed E-state index contributed by atoms with van der Waals surface area (Å²) in [6, 6.07) is 16.0. The lowest BCUT2D eigenvalue weighted by Crippen LogP contribution is -2.12. The highest BCUT2D eigenvalue weighted by atomic mass is 32.2. The number of benzene rings is 7. The molecule has 0 aliphatic rings. The normalized spacial score (nSPS) is 12.5. The number of aromatic nitrogens is 6. The van der Waals surface area contributed by atoms with E-state index in [2.05, 4.69) is 71.6 Å². The number of carboxylic acids is 2. The molecule has 7 aromatic carbocycles. The molecule has 13 N–H and O–H groups in total. The molecule has 0 amide bonds. The fraction of sp³-hybridized carbons (Fsp3) is 0. The number of nitrogens with one attached hydrogen (secondary N) is 4. The highest BCUT2D eigenvalue weighted by Crippen LogP contribution is 2.39. The highest BCUT2D eigenvalue weighted by molar-refractivity contribution is 7.87. The summed E-state index contributed by atoms with van der Waals surface area (Å²) in [6.07, 6.45) is 0. The summed E-state index contributed by atoms with van der Waals surface area (Å²) in [7, 11) is -29.6. The van der Waals surface area contributed by atoms with Crippen LogP contribution in [0.25, 0.3) is 21.5 Å². The van der Waals surface area contributed by atoms with Crippen molar-refractivity contribution in [3.63, 3.8) is 0 Å². The van der Waals surface area contributed by atoms with Crippen LogP contribution in [0, 0.1) is 0 Å². The number of aromatic carboxylic acids is 2. The van der Waals surface area contributed by atoms with Gasteiger partial charge in [-0.15, -0.1) is 0 Å². The van der Waals surface area contributed by atoms with Gasteiger partial charge < -0.3 is 41.7 Å². The van der Waals surface area contributed by atoms with Crippen molar-refractivity contribution in [2.45, 2.75) is 29.4 Å². The van der Waals surface area contributed by atoms with Crippen molar-refractivity contribution >= 4 is 164 Å². The van der Waals surface area contributed by atoms with Gasteiger partial charge in [0.1, 0.15) is 19.6 Å². The number of rotatable bonds is 20. The van der Waals surface area contributed by atoms with Crippen LogP contribution in [0.3, 0.4) is 0 Å². The molecule has 9 rings (SSSR count). The van der Waals surface area contributed by atoms with Gasteiger partial charge in [0.05, 0.1) is 55.0 Å². The zero-order valence-electron chi connectivity index (χ0n) is 43.1. The van der Waals surface area contributed by atoms with Gasteiger partial charge in [-0.3, -0.25) is 22.8 Å². The summed E-state index contributed by atoms with van der Waals surface area (Å²) in [4.78, 5) is 42.3. The van der Waals surface area contributed by atoms with Crippen molar-refractivity contribution in [2.75, 3.05) is 21.3 Å². The number of nitrogens with zero attached hydrogens (tertiary/aromatic N) is 10. The zero-order valence-corrected chi connectivity index (χ0v) is 48.1. The van der Waals surface area contributed by atoms with Crippen molar-refractivity contribution in [1.82, 2.24) is 29.9 Å². The van der Waals surface area contributed by atoms with Gasteiger partial charge in [-0.1, -0.05) is 0 Å². The number of hydrogen-bond acceptors (Lipinski definition) is 30. The summed E-state index contributed by atoms with van der Waals surface area (Å²) in [6.45, 7) is 0. The molecule has 0 saturated heterocycles. The first-order chi connectivity index (χ1) is 41.5. The Morgan fingerprint density at radius 2 is 0.708 bits per heavy atom. The molecule has 9 aromatic rings. The molecular weight excluding hydrogens is 1310 g/mol. The molecule has 0 radical (unpaired) electrons. The average molecular weight is 1340 g/mol. The second kappa shape index (κ2) is 23.7. The Hall–Kier alpha value is -10.5. The maximum atomic E-state index is 12.6. The summed E-state index contributed by atoms with van der Waals surface area (Å²) < 4.78 is 194. The minimum Gasteiger partial charge on any atom is -0.479 e. The molecule has 0 saturated carbocycles. The van der Waals surface area contributed by atoms with Crippen molar-refractivity contribution in [1.29, 1.82) is 0 Å². The van der Waals surface area contributed by atoms with E-state index in [0.29, 0.717) is 24.3 Å². The number of anilines is 8. The molecule has 0 aliphatic heterocycles. The van der Waals surface area contributed by atoms with E-state index in [0.717, 1.165) is 36.4 Å². The molecule has 0 fully saturated rings. The van der Waals surface area contributed by atoms with Crippen LogP contribution >= 0.6 is 0 Å². The average Bonchev–Trinajstić information content (AvgIpc) is 0.773. The van der Waals surface area contributed by atoms with Crippen molar-refractivity contribution in [2.24, 2.45) is 20.5 Å². The van der Waals surface area contributed by atoms with Crippen LogP contribution < -0.4 is 21.3 Å². The Morgan fingerprint density at radius 1 is 0.382 bits per heavy atom. The molecule has 37 nitrogen and oxygen atoms in total. The molecule has 0 unspecified atom stereocenters. The van der Waals surface area contributed by atoms with Gasteiger partial charge in [-0.05, 0) is 109 Å².